The van der Waals surface area contributed by atoms with Crippen LogP contribution in [0.4, 0.5) is 11.4 Å². The Hall–Kier alpha value is -2.09. The average molecular weight is 429 g/mol. The highest BCUT2D eigenvalue weighted by atomic mass is 32.2. The van der Waals surface area contributed by atoms with Crippen LogP contribution in [-0.4, -0.2) is 46.1 Å². The van der Waals surface area contributed by atoms with E-state index in [-0.39, 0.29) is 5.25 Å². The maximum Gasteiger partial charge on any atom is 0.235 e. The summed E-state index contributed by atoms with van der Waals surface area (Å²) < 4.78 is 38.5. The topological polar surface area (TPSA) is 67.9 Å². The van der Waals surface area contributed by atoms with Gasteiger partial charge in [0.1, 0.15) is 0 Å². The molecule has 1 aliphatic carbocycles. The Bertz CT molecular complexity index is 1030. The highest BCUT2D eigenvalue weighted by molar-refractivity contribution is 7.93. The van der Waals surface area contributed by atoms with Crippen molar-refractivity contribution in [2.45, 2.75) is 44.1 Å². The van der Waals surface area contributed by atoms with Crippen molar-refractivity contribution in [2.75, 3.05) is 36.0 Å². The van der Waals surface area contributed by atoms with Crippen molar-refractivity contribution in [2.24, 2.45) is 0 Å². The molecule has 1 N–H and O–H groups in total. The molecule has 2 aromatic rings. The molecule has 1 unspecified atom stereocenters. The fourth-order valence-corrected chi connectivity index (χ4v) is 5.71. The van der Waals surface area contributed by atoms with Crippen molar-refractivity contribution >= 4 is 21.4 Å². The molecule has 160 valence electrons. The van der Waals surface area contributed by atoms with E-state index in [1.807, 2.05) is 24.3 Å². The second-order valence-electron chi connectivity index (χ2n) is 8.48. The number of benzene rings is 2. The van der Waals surface area contributed by atoms with Crippen LogP contribution in [0.15, 0.2) is 36.4 Å². The average Bonchev–Trinajstić information content (AvgIpc) is 3.60. The summed E-state index contributed by atoms with van der Waals surface area (Å²) in [7, 11) is -3.24. The van der Waals surface area contributed by atoms with Gasteiger partial charge < -0.3 is 14.4 Å². The molecule has 0 amide bonds. The van der Waals surface area contributed by atoms with Crippen molar-refractivity contribution in [3.05, 3.63) is 47.5 Å². The smallest absolute Gasteiger partial charge is 0.235 e. The van der Waals surface area contributed by atoms with Gasteiger partial charge in [-0.2, -0.15) is 0 Å². The van der Waals surface area contributed by atoms with E-state index < -0.39 is 10.0 Å². The summed E-state index contributed by atoms with van der Waals surface area (Å²) in [6.07, 6.45) is 2.43. The molecule has 0 radical (unpaired) electrons. The number of sulfonamides is 1. The van der Waals surface area contributed by atoms with Gasteiger partial charge in [0.2, 0.25) is 10.0 Å². The molecule has 1 saturated carbocycles. The van der Waals surface area contributed by atoms with E-state index in [9.17, 15) is 8.42 Å². The Morgan fingerprint density at radius 2 is 1.83 bits per heavy atom. The van der Waals surface area contributed by atoms with Crippen molar-refractivity contribution in [3.63, 3.8) is 0 Å². The number of nitrogens with zero attached hydrogens (tertiary/aromatic N) is 1. The van der Waals surface area contributed by atoms with Crippen LogP contribution in [0.5, 0.6) is 0 Å². The lowest BCUT2D eigenvalue weighted by molar-refractivity contribution is 0.0963. The first-order valence-corrected chi connectivity index (χ1v) is 12.3. The quantitative estimate of drug-likeness (QED) is 0.789. The Morgan fingerprint density at radius 1 is 1.03 bits per heavy atom. The van der Waals surface area contributed by atoms with E-state index in [1.54, 1.807) is 0 Å². The fourth-order valence-electron chi connectivity index (χ4n) is 4.33. The van der Waals surface area contributed by atoms with Crippen molar-refractivity contribution < 1.29 is 17.9 Å². The SMILES string of the molecule is CC1COCCN1c1cc(-c2ccc(NS(=O)(=O)C3CC3)cc2)cc2c1COCC2. The second-order valence-corrected chi connectivity index (χ2v) is 10.4. The van der Waals surface area contributed by atoms with E-state index in [1.165, 1.54) is 16.8 Å². The van der Waals surface area contributed by atoms with Gasteiger partial charge in [0.15, 0.2) is 0 Å². The van der Waals surface area contributed by atoms with Gasteiger partial charge in [0.25, 0.3) is 0 Å². The Balaban J connectivity index is 1.47. The van der Waals surface area contributed by atoms with Crippen molar-refractivity contribution in [1.82, 2.24) is 0 Å². The number of ether oxygens (including phenoxy) is 2. The van der Waals surface area contributed by atoms with Crippen molar-refractivity contribution in [3.8, 4) is 11.1 Å². The maximum absolute atomic E-state index is 12.2. The van der Waals surface area contributed by atoms with E-state index in [0.717, 1.165) is 56.8 Å². The molecule has 2 aromatic carbocycles. The van der Waals surface area contributed by atoms with Crippen LogP contribution in [0.2, 0.25) is 0 Å². The number of hydrogen-bond acceptors (Lipinski definition) is 5. The van der Waals surface area contributed by atoms with Gasteiger partial charge in [-0.25, -0.2) is 8.42 Å². The number of hydrogen-bond donors (Lipinski definition) is 1. The van der Waals surface area contributed by atoms with Crippen LogP contribution >= 0.6 is 0 Å². The maximum atomic E-state index is 12.2. The summed E-state index contributed by atoms with van der Waals surface area (Å²) in [5.74, 6) is 0. The van der Waals surface area contributed by atoms with Crippen LogP contribution in [0.1, 0.15) is 30.9 Å². The third kappa shape index (κ3) is 3.94. The minimum absolute atomic E-state index is 0.224. The first-order valence-electron chi connectivity index (χ1n) is 10.7. The molecule has 30 heavy (non-hydrogen) atoms. The largest absolute Gasteiger partial charge is 0.377 e. The number of nitrogens with one attached hydrogen (secondary N) is 1. The van der Waals surface area contributed by atoms with E-state index in [0.29, 0.717) is 18.3 Å². The molecule has 1 saturated heterocycles. The molecule has 1 atom stereocenters. The first kappa shape index (κ1) is 19.8. The van der Waals surface area contributed by atoms with Gasteiger partial charge in [0.05, 0.1) is 31.7 Å². The summed E-state index contributed by atoms with van der Waals surface area (Å²) in [4.78, 5) is 2.43. The van der Waals surface area contributed by atoms with E-state index in [4.69, 9.17) is 9.47 Å². The minimum Gasteiger partial charge on any atom is -0.377 e. The predicted octanol–water partition coefficient (Wildman–Crippen LogP) is 3.56. The number of fused-ring (bicyclic) bond motifs is 1. The van der Waals surface area contributed by atoms with Crippen LogP contribution in [0.25, 0.3) is 11.1 Å². The lowest BCUT2D eigenvalue weighted by atomic mass is 9.93. The molecular formula is C23H28N2O4S. The van der Waals surface area contributed by atoms with Gasteiger partial charge >= 0.3 is 0 Å². The molecule has 0 bridgehead atoms. The van der Waals surface area contributed by atoms with Crippen molar-refractivity contribution in [1.29, 1.82) is 0 Å². The first-order chi connectivity index (χ1) is 14.5. The second kappa shape index (κ2) is 7.87. The highest BCUT2D eigenvalue weighted by Crippen LogP contribution is 2.36. The predicted molar refractivity (Wildman–Crippen MR) is 118 cm³/mol. The molecule has 7 heteroatoms. The summed E-state index contributed by atoms with van der Waals surface area (Å²) in [6.45, 7) is 5.94. The summed E-state index contributed by atoms with van der Waals surface area (Å²) in [6, 6.07) is 12.5. The van der Waals surface area contributed by atoms with Crippen LogP contribution in [0, 0.1) is 0 Å². The lowest BCUT2D eigenvalue weighted by Gasteiger charge is -2.38. The Labute approximate surface area is 178 Å². The summed E-state index contributed by atoms with van der Waals surface area (Å²) in [5.41, 5.74) is 6.72. The highest BCUT2D eigenvalue weighted by Gasteiger charge is 2.35. The molecule has 2 heterocycles. The number of rotatable bonds is 5. The molecule has 6 nitrogen and oxygen atoms in total. The zero-order valence-corrected chi connectivity index (χ0v) is 18.1. The normalized spacial score (nSPS) is 21.9. The lowest BCUT2D eigenvalue weighted by Crippen LogP contribution is -2.44. The van der Waals surface area contributed by atoms with E-state index in [2.05, 4.69) is 28.7 Å². The molecule has 0 spiro atoms. The molecule has 2 aliphatic heterocycles. The van der Waals surface area contributed by atoms with Gasteiger partial charge in [-0.15, -0.1) is 0 Å². The van der Waals surface area contributed by atoms with Crippen LogP contribution < -0.4 is 9.62 Å². The molecule has 5 rings (SSSR count). The Morgan fingerprint density at radius 3 is 2.57 bits per heavy atom. The summed E-state index contributed by atoms with van der Waals surface area (Å²) >= 11 is 0. The molecular weight excluding hydrogens is 400 g/mol. The standard InChI is InChI=1S/C23H28N2O4S/c1-16-14-29-11-9-25(16)23-13-19(12-18-8-10-28-15-22(18)23)17-2-4-20(5-3-17)24-30(26,27)21-6-7-21/h2-5,12-13,16,21,24H,6-11,14-15H2,1H3. The van der Waals surface area contributed by atoms with Gasteiger partial charge in [-0.05, 0) is 61.1 Å². The monoisotopic (exact) mass is 428 g/mol. The van der Waals surface area contributed by atoms with Crippen LogP contribution in [0.3, 0.4) is 0 Å². The minimum atomic E-state index is -3.24. The van der Waals surface area contributed by atoms with Crippen LogP contribution in [-0.2, 0) is 32.5 Å². The zero-order valence-electron chi connectivity index (χ0n) is 17.3. The van der Waals surface area contributed by atoms with Gasteiger partial charge in [0, 0.05) is 29.5 Å². The molecule has 3 aliphatic rings. The number of morpholine rings is 1. The third-order valence-corrected chi connectivity index (χ3v) is 8.07. The zero-order chi connectivity index (χ0) is 20.7. The third-order valence-electron chi connectivity index (χ3n) is 6.20. The van der Waals surface area contributed by atoms with E-state index >= 15 is 0 Å². The van der Waals surface area contributed by atoms with Gasteiger partial charge in [-0.3, -0.25) is 4.72 Å². The summed E-state index contributed by atoms with van der Waals surface area (Å²) in [5, 5.41) is -0.224. The Kier molecular flexibility index (Phi) is 5.21. The van der Waals surface area contributed by atoms with Gasteiger partial charge in [-0.1, -0.05) is 18.2 Å². The number of anilines is 2. The molecule has 2 fully saturated rings. The molecule has 0 aromatic heterocycles. The fraction of sp³-hybridized carbons (Fsp3) is 0.478.